The first-order chi connectivity index (χ1) is 6.18. The zero-order chi connectivity index (χ0) is 9.68. The predicted molar refractivity (Wildman–Crippen MR) is 52.3 cm³/mol. The average molecular weight is 180 g/mol. The molecule has 0 amide bonds. The van der Waals surface area contributed by atoms with Crippen molar-refractivity contribution in [3.63, 3.8) is 0 Å². The van der Waals surface area contributed by atoms with Crippen LogP contribution in [-0.4, -0.2) is 12.4 Å². The normalized spacial score (nSPS) is 15.5. The van der Waals surface area contributed by atoms with Crippen LogP contribution in [0.15, 0.2) is 23.5 Å². The Balaban J connectivity index is 2.17. The molecule has 0 spiro atoms. The van der Waals surface area contributed by atoms with Crippen molar-refractivity contribution in [2.75, 3.05) is 6.61 Å². The Morgan fingerprint density at radius 1 is 1.54 bits per heavy atom. The van der Waals surface area contributed by atoms with Gasteiger partial charge < -0.3 is 4.74 Å². The second-order valence-corrected chi connectivity index (χ2v) is 3.50. The number of rotatable bonds is 4. The van der Waals surface area contributed by atoms with Gasteiger partial charge in [-0.2, -0.15) is 0 Å². The number of hydrogen-bond donors (Lipinski definition) is 0. The van der Waals surface area contributed by atoms with Crippen LogP contribution in [0.1, 0.15) is 33.1 Å². The molecule has 0 atom stereocenters. The lowest BCUT2D eigenvalue weighted by atomic mass is 10.3. The number of carbonyl (C=O) groups excluding carboxylic acids is 1. The van der Waals surface area contributed by atoms with Gasteiger partial charge >= 0.3 is 0 Å². The Bertz CT molecular complexity index is 245. The lowest BCUT2D eigenvalue weighted by Gasteiger charge is -2.03. The SMILES string of the molecule is CC(C)=CCCOC1=CC(=O)CC1. The summed E-state index contributed by atoms with van der Waals surface area (Å²) < 4.78 is 5.42. The molecule has 0 saturated heterocycles. The van der Waals surface area contributed by atoms with Gasteiger partial charge in [0.25, 0.3) is 0 Å². The smallest absolute Gasteiger partial charge is 0.159 e. The molecule has 0 aromatic rings. The number of allylic oxidation sites excluding steroid dienone is 3. The second-order valence-electron chi connectivity index (χ2n) is 3.50. The molecule has 72 valence electrons. The summed E-state index contributed by atoms with van der Waals surface area (Å²) in [6.07, 6.45) is 6.08. The minimum absolute atomic E-state index is 0.192. The summed E-state index contributed by atoms with van der Waals surface area (Å²) >= 11 is 0. The van der Waals surface area contributed by atoms with Crippen molar-refractivity contribution in [2.45, 2.75) is 33.1 Å². The summed E-state index contributed by atoms with van der Waals surface area (Å²) in [6, 6.07) is 0. The Kier molecular flexibility index (Phi) is 3.74. The molecule has 0 N–H and O–H groups in total. The molecule has 2 nitrogen and oxygen atoms in total. The van der Waals surface area contributed by atoms with Gasteiger partial charge in [-0.1, -0.05) is 11.6 Å². The highest BCUT2D eigenvalue weighted by atomic mass is 16.5. The van der Waals surface area contributed by atoms with Gasteiger partial charge in [0.1, 0.15) is 0 Å². The van der Waals surface area contributed by atoms with Crippen LogP contribution in [0.4, 0.5) is 0 Å². The minimum atomic E-state index is 0.192. The molecule has 1 rings (SSSR count). The zero-order valence-corrected chi connectivity index (χ0v) is 8.30. The highest BCUT2D eigenvalue weighted by Crippen LogP contribution is 2.15. The number of ketones is 1. The van der Waals surface area contributed by atoms with Crippen molar-refractivity contribution >= 4 is 5.78 Å². The maximum absolute atomic E-state index is 10.8. The topological polar surface area (TPSA) is 26.3 Å². The Morgan fingerprint density at radius 2 is 2.31 bits per heavy atom. The molecule has 1 aliphatic carbocycles. The maximum Gasteiger partial charge on any atom is 0.159 e. The summed E-state index contributed by atoms with van der Waals surface area (Å²) in [5.74, 6) is 1.05. The summed E-state index contributed by atoms with van der Waals surface area (Å²) in [7, 11) is 0. The van der Waals surface area contributed by atoms with E-state index in [0.717, 1.165) is 18.6 Å². The molecule has 0 fully saturated rings. The van der Waals surface area contributed by atoms with Gasteiger partial charge in [-0.25, -0.2) is 0 Å². The monoisotopic (exact) mass is 180 g/mol. The molecule has 0 unspecified atom stereocenters. The van der Waals surface area contributed by atoms with Crippen molar-refractivity contribution in [1.82, 2.24) is 0 Å². The van der Waals surface area contributed by atoms with Crippen molar-refractivity contribution in [3.8, 4) is 0 Å². The summed E-state index contributed by atoms with van der Waals surface area (Å²) in [5, 5.41) is 0. The lowest BCUT2D eigenvalue weighted by Crippen LogP contribution is -1.91. The van der Waals surface area contributed by atoms with Crippen LogP contribution in [0, 0.1) is 0 Å². The molecule has 0 aromatic carbocycles. The van der Waals surface area contributed by atoms with E-state index in [1.54, 1.807) is 6.08 Å². The van der Waals surface area contributed by atoms with Gasteiger partial charge in [0.15, 0.2) is 5.78 Å². The number of hydrogen-bond acceptors (Lipinski definition) is 2. The molecule has 0 saturated carbocycles. The van der Waals surface area contributed by atoms with E-state index >= 15 is 0 Å². The van der Waals surface area contributed by atoms with Gasteiger partial charge in [0.05, 0.1) is 12.4 Å². The highest BCUT2D eigenvalue weighted by molar-refractivity contribution is 5.92. The summed E-state index contributed by atoms with van der Waals surface area (Å²) in [4.78, 5) is 10.8. The first-order valence-corrected chi connectivity index (χ1v) is 4.68. The van der Waals surface area contributed by atoms with E-state index in [9.17, 15) is 4.79 Å². The van der Waals surface area contributed by atoms with Gasteiger partial charge in [-0.15, -0.1) is 0 Å². The van der Waals surface area contributed by atoms with E-state index in [2.05, 4.69) is 19.9 Å². The molecule has 0 radical (unpaired) electrons. The molecule has 0 aliphatic heterocycles. The third kappa shape index (κ3) is 3.92. The zero-order valence-electron chi connectivity index (χ0n) is 8.30. The van der Waals surface area contributed by atoms with Crippen LogP contribution in [0.5, 0.6) is 0 Å². The van der Waals surface area contributed by atoms with Crippen LogP contribution in [0.25, 0.3) is 0 Å². The molecular weight excluding hydrogens is 164 g/mol. The molecule has 0 heterocycles. The van der Waals surface area contributed by atoms with Crippen molar-refractivity contribution in [3.05, 3.63) is 23.5 Å². The van der Waals surface area contributed by atoms with E-state index in [0.29, 0.717) is 13.0 Å². The van der Waals surface area contributed by atoms with E-state index in [-0.39, 0.29) is 5.78 Å². The van der Waals surface area contributed by atoms with Crippen LogP contribution in [0.2, 0.25) is 0 Å². The first-order valence-electron chi connectivity index (χ1n) is 4.68. The standard InChI is InChI=1S/C11H16O2/c1-9(2)4-3-7-13-11-6-5-10(12)8-11/h4,8H,3,5-7H2,1-2H3. The van der Waals surface area contributed by atoms with Gasteiger partial charge in [0, 0.05) is 18.9 Å². The fourth-order valence-corrected chi connectivity index (χ4v) is 1.22. The quantitative estimate of drug-likeness (QED) is 0.491. The Labute approximate surface area is 79.3 Å². The highest BCUT2D eigenvalue weighted by Gasteiger charge is 2.11. The largest absolute Gasteiger partial charge is 0.497 e. The molecule has 0 aromatic heterocycles. The Morgan fingerprint density at radius 3 is 2.85 bits per heavy atom. The van der Waals surface area contributed by atoms with Gasteiger partial charge in [-0.05, 0) is 20.3 Å². The van der Waals surface area contributed by atoms with E-state index < -0.39 is 0 Å². The minimum Gasteiger partial charge on any atom is -0.497 e. The van der Waals surface area contributed by atoms with Crippen molar-refractivity contribution in [1.29, 1.82) is 0 Å². The average Bonchev–Trinajstić information content (AvgIpc) is 2.45. The molecule has 2 heteroatoms. The maximum atomic E-state index is 10.8. The van der Waals surface area contributed by atoms with Crippen LogP contribution >= 0.6 is 0 Å². The fourth-order valence-electron chi connectivity index (χ4n) is 1.22. The van der Waals surface area contributed by atoms with Gasteiger partial charge in [-0.3, -0.25) is 4.79 Å². The third-order valence-electron chi connectivity index (χ3n) is 1.90. The van der Waals surface area contributed by atoms with Crippen LogP contribution in [0.3, 0.4) is 0 Å². The second kappa shape index (κ2) is 4.85. The van der Waals surface area contributed by atoms with E-state index in [4.69, 9.17) is 4.74 Å². The van der Waals surface area contributed by atoms with E-state index in [1.807, 2.05) is 0 Å². The van der Waals surface area contributed by atoms with Crippen molar-refractivity contribution in [2.24, 2.45) is 0 Å². The first kappa shape index (κ1) is 10.0. The Hall–Kier alpha value is -1.05. The summed E-state index contributed by atoms with van der Waals surface area (Å²) in [5.41, 5.74) is 1.31. The third-order valence-corrected chi connectivity index (χ3v) is 1.90. The van der Waals surface area contributed by atoms with Crippen LogP contribution in [-0.2, 0) is 9.53 Å². The molecule has 0 bridgehead atoms. The number of ether oxygens (including phenoxy) is 1. The summed E-state index contributed by atoms with van der Waals surface area (Å²) in [6.45, 7) is 4.82. The van der Waals surface area contributed by atoms with Gasteiger partial charge in [0.2, 0.25) is 0 Å². The lowest BCUT2D eigenvalue weighted by molar-refractivity contribution is -0.114. The van der Waals surface area contributed by atoms with Crippen LogP contribution < -0.4 is 0 Å². The molecular formula is C11H16O2. The van der Waals surface area contributed by atoms with E-state index in [1.165, 1.54) is 5.57 Å². The fraction of sp³-hybridized carbons (Fsp3) is 0.545. The van der Waals surface area contributed by atoms with Crippen molar-refractivity contribution < 1.29 is 9.53 Å². The predicted octanol–water partition coefficient (Wildman–Crippen LogP) is 2.61. The number of carbonyl (C=O) groups is 1. The molecule has 1 aliphatic rings. The molecule has 13 heavy (non-hydrogen) atoms.